The predicted octanol–water partition coefficient (Wildman–Crippen LogP) is 1.33. The van der Waals surface area contributed by atoms with Crippen molar-refractivity contribution in [3.63, 3.8) is 0 Å². The fourth-order valence-electron chi connectivity index (χ4n) is 2.03. The zero-order valence-electron chi connectivity index (χ0n) is 11.6. The molecule has 1 heterocycles. The Kier molecular flexibility index (Phi) is 4.25. The third kappa shape index (κ3) is 3.68. The van der Waals surface area contributed by atoms with E-state index in [4.69, 9.17) is 0 Å². The van der Waals surface area contributed by atoms with Crippen molar-refractivity contribution in [3.8, 4) is 0 Å². The monoisotopic (exact) mass is 294 g/mol. The SMILES string of the molecule is CN(CCS(C)(=O)=O)CC(=O)c1c[nH]c2ccccc12. The lowest BCUT2D eigenvalue weighted by Crippen LogP contribution is -2.30. The van der Waals surface area contributed by atoms with E-state index >= 15 is 0 Å². The number of rotatable bonds is 6. The second kappa shape index (κ2) is 5.76. The van der Waals surface area contributed by atoms with Crippen LogP contribution in [0.3, 0.4) is 0 Å². The Labute approximate surface area is 118 Å². The molecule has 20 heavy (non-hydrogen) atoms. The van der Waals surface area contributed by atoms with Gasteiger partial charge in [0, 0.05) is 35.5 Å². The molecule has 0 spiro atoms. The molecule has 2 rings (SSSR count). The number of nitrogens with one attached hydrogen (secondary N) is 1. The lowest BCUT2D eigenvalue weighted by molar-refractivity contribution is 0.0951. The summed E-state index contributed by atoms with van der Waals surface area (Å²) in [5.41, 5.74) is 1.57. The normalized spacial score (nSPS) is 12.2. The number of H-pyrrole nitrogens is 1. The van der Waals surface area contributed by atoms with Crippen molar-refractivity contribution in [2.45, 2.75) is 0 Å². The van der Waals surface area contributed by atoms with E-state index in [9.17, 15) is 13.2 Å². The largest absolute Gasteiger partial charge is 0.360 e. The van der Waals surface area contributed by atoms with E-state index in [1.165, 1.54) is 6.26 Å². The first-order valence-corrected chi connectivity index (χ1v) is 8.38. The molecule has 0 saturated heterocycles. The Morgan fingerprint density at radius 1 is 1.30 bits per heavy atom. The third-order valence-electron chi connectivity index (χ3n) is 3.15. The van der Waals surface area contributed by atoms with Crippen molar-refractivity contribution in [3.05, 3.63) is 36.0 Å². The van der Waals surface area contributed by atoms with E-state index in [2.05, 4.69) is 4.98 Å². The number of Topliss-reactive ketones (excluding diaryl/α,β-unsaturated/α-hetero) is 1. The van der Waals surface area contributed by atoms with Crippen LogP contribution in [-0.2, 0) is 9.84 Å². The molecule has 0 atom stereocenters. The van der Waals surface area contributed by atoms with Crippen molar-refractivity contribution in [2.75, 3.05) is 32.1 Å². The van der Waals surface area contributed by atoms with Crippen LogP contribution >= 0.6 is 0 Å². The van der Waals surface area contributed by atoms with Gasteiger partial charge in [0.25, 0.3) is 0 Å². The summed E-state index contributed by atoms with van der Waals surface area (Å²) in [7, 11) is -1.25. The molecule has 0 aliphatic carbocycles. The fraction of sp³-hybridized carbons (Fsp3) is 0.357. The van der Waals surface area contributed by atoms with Gasteiger partial charge in [-0.15, -0.1) is 0 Å². The van der Waals surface area contributed by atoms with Crippen molar-refractivity contribution in [1.29, 1.82) is 0 Å². The number of hydrogen-bond acceptors (Lipinski definition) is 4. The molecular weight excluding hydrogens is 276 g/mol. The van der Waals surface area contributed by atoms with Crippen LogP contribution in [0.15, 0.2) is 30.5 Å². The van der Waals surface area contributed by atoms with Gasteiger partial charge in [-0.3, -0.25) is 9.69 Å². The standard InChI is InChI=1S/C14H18N2O3S/c1-16(7-8-20(2,18)19)10-14(17)12-9-15-13-6-4-3-5-11(12)13/h3-6,9,15H,7-8,10H2,1-2H3. The highest BCUT2D eigenvalue weighted by molar-refractivity contribution is 7.90. The molecule has 0 unspecified atom stereocenters. The van der Waals surface area contributed by atoms with Gasteiger partial charge in [-0.1, -0.05) is 18.2 Å². The van der Waals surface area contributed by atoms with Crippen molar-refractivity contribution >= 4 is 26.5 Å². The smallest absolute Gasteiger partial charge is 0.178 e. The zero-order valence-corrected chi connectivity index (χ0v) is 12.4. The maximum absolute atomic E-state index is 12.2. The topological polar surface area (TPSA) is 70.2 Å². The molecule has 0 fully saturated rings. The Morgan fingerprint density at radius 2 is 2.00 bits per heavy atom. The van der Waals surface area contributed by atoms with Crippen molar-refractivity contribution in [1.82, 2.24) is 9.88 Å². The van der Waals surface area contributed by atoms with Crippen LogP contribution in [0.25, 0.3) is 10.9 Å². The van der Waals surface area contributed by atoms with Crippen LogP contribution in [0, 0.1) is 0 Å². The van der Waals surface area contributed by atoms with E-state index < -0.39 is 9.84 Å². The molecule has 0 radical (unpaired) electrons. The lowest BCUT2D eigenvalue weighted by atomic mass is 10.1. The van der Waals surface area contributed by atoms with Crippen LogP contribution in [0.5, 0.6) is 0 Å². The number of benzene rings is 1. The van der Waals surface area contributed by atoms with E-state index in [0.717, 1.165) is 10.9 Å². The summed E-state index contributed by atoms with van der Waals surface area (Å²) >= 11 is 0. The summed E-state index contributed by atoms with van der Waals surface area (Å²) in [5, 5.41) is 0.897. The molecule has 6 heteroatoms. The minimum Gasteiger partial charge on any atom is -0.360 e. The number of ketones is 1. The Hall–Kier alpha value is -1.66. The highest BCUT2D eigenvalue weighted by atomic mass is 32.2. The van der Waals surface area contributed by atoms with Crippen molar-refractivity contribution < 1.29 is 13.2 Å². The summed E-state index contributed by atoms with van der Waals surface area (Å²) in [6.07, 6.45) is 2.90. The maximum atomic E-state index is 12.2. The van der Waals surface area contributed by atoms with Gasteiger partial charge in [-0.25, -0.2) is 8.42 Å². The van der Waals surface area contributed by atoms with Crippen LogP contribution in [0.2, 0.25) is 0 Å². The molecule has 0 saturated carbocycles. The minimum absolute atomic E-state index is 0.0153. The van der Waals surface area contributed by atoms with Gasteiger partial charge < -0.3 is 4.98 Å². The number of sulfone groups is 1. The highest BCUT2D eigenvalue weighted by Gasteiger charge is 2.14. The number of para-hydroxylation sites is 1. The summed E-state index contributed by atoms with van der Waals surface area (Å²) in [6.45, 7) is 0.560. The van der Waals surface area contributed by atoms with Crippen LogP contribution < -0.4 is 0 Å². The third-order valence-corrected chi connectivity index (χ3v) is 4.07. The number of fused-ring (bicyclic) bond motifs is 1. The Bertz CT molecular complexity index is 719. The van der Waals surface area contributed by atoms with E-state index in [0.29, 0.717) is 12.1 Å². The average molecular weight is 294 g/mol. The van der Waals surface area contributed by atoms with Gasteiger partial charge >= 0.3 is 0 Å². The first kappa shape index (κ1) is 14.7. The zero-order chi connectivity index (χ0) is 14.8. The maximum Gasteiger partial charge on any atom is 0.178 e. The Balaban J connectivity index is 2.05. The molecule has 1 aromatic heterocycles. The first-order chi connectivity index (χ1) is 9.37. The summed E-state index contributed by atoms with van der Waals surface area (Å²) in [4.78, 5) is 17.0. The first-order valence-electron chi connectivity index (χ1n) is 6.32. The summed E-state index contributed by atoms with van der Waals surface area (Å²) in [5.74, 6) is 0.0449. The molecule has 0 bridgehead atoms. The molecule has 2 aromatic rings. The molecular formula is C14H18N2O3S. The number of nitrogens with zero attached hydrogens (tertiary/aromatic N) is 1. The number of carbonyl (C=O) groups is 1. The van der Waals surface area contributed by atoms with Crippen LogP contribution in [0.4, 0.5) is 0 Å². The number of hydrogen-bond donors (Lipinski definition) is 1. The minimum atomic E-state index is -3.00. The second-order valence-corrected chi connectivity index (χ2v) is 7.30. The van der Waals surface area contributed by atoms with Gasteiger partial charge in [0.1, 0.15) is 9.84 Å². The number of likely N-dealkylation sites (N-methyl/N-ethyl adjacent to an activating group) is 1. The van der Waals surface area contributed by atoms with Crippen LogP contribution in [0.1, 0.15) is 10.4 Å². The molecule has 0 aliphatic rings. The van der Waals surface area contributed by atoms with Gasteiger partial charge in [-0.2, -0.15) is 0 Å². The molecule has 5 nitrogen and oxygen atoms in total. The summed E-state index contributed by atoms with van der Waals surface area (Å²) in [6, 6.07) is 7.61. The van der Waals surface area contributed by atoms with E-state index in [-0.39, 0.29) is 18.1 Å². The number of aromatic nitrogens is 1. The quantitative estimate of drug-likeness (QED) is 0.816. The number of aromatic amines is 1. The molecule has 0 aliphatic heterocycles. The van der Waals surface area contributed by atoms with Crippen molar-refractivity contribution in [2.24, 2.45) is 0 Å². The summed E-state index contributed by atoms with van der Waals surface area (Å²) < 4.78 is 22.2. The van der Waals surface area contributed by atoms with E-state index in [1.54, 1.807) is 18.1 Å². The molecule has 1 aromatic carbocycles. The predicted molar refractivity (Wildman–Crippen MR) is 79.8 cm³/mol. The fourth-order valence-corrected chi connectivity index (χ4v) is 2.68. The van der Waals surface area contributed by atoms with Gasteiger partial charge in [0.05, 0.1) is 12.3 Å². The second-order valence-electron chi connectivity index (χ2n) is 5.04. The van der Waals surface area contributed by atoms with Crippen LogP contribution in [-0.4, -0.2) is 56.2 Å². The lowest BCUT2D eigenvalue weighted by Gasteiger charge is -2.14. The molecule has 1 N–H and O–H groups in total. The van der Waals surface area contributed by atoms with Gasteiger partial charge in [0.2, 0.25) is 0 Å². The average Bonchev–Trinajstić information content (AvgIpc) is 2.79. The highest BCUT2D eigenvalue weighted by Crippen LogP contribution is 2.18. The van der Waals surface area contributed by atoms with Gasteiger partial charge in [0.15, 0.2) is 5.78 Å². The molecule has 0 amide bonds. The number of carbonyl (C=O) groups excluding carboxylic acids is 1. The van der Waals surface area contributed by atoms with E-state index in [1.807, 2.05) is 24.3 Å². The molecule has 108 valence electrons. The Morgan fingerprint density at radius 3 is 2.70 bits per heavy atom. The van der Waals surface area contributed by atoms with Gasteiger partial charge in [-0.05, 0) is 13.1 Å².